The Bertz CT molecular complexity index is 657. The van der Waals surface area contributed by atoms with E-state index in [0.717, 1.165) is 29.0 Å². The molecule has 1 heterocycles. The van der Waals surface area contributed by atoms with Gasteiger partial charge >= 0.3 is 0 Å². The first-order chi connectivity index (χ1) is 10.2. The fourth-order valence-electron chi connectivity index (χ4n) is 2.76. The smallest absolute Gasteiger partial charge is 0.122 e. The molecule has 21 heavy (non-hydrogen) atoms. The van der Waals surface area contributed by atoms with Crippen LogP contribution in [0.5, 0.6) is 11.5 Å². The van der Waals surface area contributed by atoms with Gasteiger partial charge in [0, 0.05) is 10.9 Å². The molecule has 110 valence electrons. The maximum atomic E-state index is 5.58. The lowest BCUT2D eigenvalue weighted by molar-refractivity contribution is 0.357. The van der Waals surface area contributed by atoms with Crippen LogP contribution in [0.3, 0.4) is 0 Å². The summed E-state index contributed by atoms with van der Waals surface area (Å²) in [5.74, 6) is 1.87. The summed E-state index contributed by atoms with van der Waals surface area (Å²) in [4.78, 5) is 0. The quantitative estimate of drug-likeness (QED) is 0.914. The lowest BCUT2D eigenvalue weighted by atomic mass is 9.96. The largest absolute Gasteiger partial charge is 0.497 e. The van der Waals surface area contributed by atoms with E-state index in [0.29, 0.717) is 0 Å². The molecule has 0 amide bonds. The Morgan fingerprint density at radius 2 is 2.10 bits per heavy atom. The predicted molar refractivity (Wildman–Crippen MR) is 87.2 cm³/mol. The Morgan fingerprint density at radius 3 is 2.81 bits per heavy atom. The summed E-state index contributed by atoms with van der Waals surface area (Å²) in [7, 11) is 3.66. The molecule has 2 aromatic rings. The zero-order valence-electron chi connectivity index (χ0n) is 12.2. The predicted octanol–water partition coefficient (Wildman–Crippen LogP) is 3.70. The Kier molecular flexibility index (Phi) is 4.17. The minimum Gasteiger partial charge on any atom is -0.497 e. The highest BCUT2D eigenvalue weighted by molar-refractivity contribution is 9.10. The summed E-state index contributed by atoms with van der Waals surface area (Å²) in [5.41, 5.74) is 3.72. The average Bonchev–Trinajstić information content (AvgIpc) is 2.97. The van der Waals surface area contributed by atoms with E-state index in [1.165, 1.54) is 16.7 Å². The number of hydrogen-bond donors (Lipinski definition) is 1. The van der Waals surface area contributed by atoms with Crippen molar-refractivity contribution in [3.05, 3.63) is 57.6 Å². The van der Waals surface area contributed by atoms with Crippen molar-refractivity contribution in [3.8, 4) is 11.5 Å². The van der Waals surface area contributed by atoms with Gasteiger partial charge < -0.3 is 14.8 Å². The minimum absolute atomic E-state index is 0.135. The number of ether oxygens (including phenoxy) is 2. The van der Waals surface area contributed by atoms with Crippen LogP contribution in [0.25, 0.3) is 0 Å². The van der Waals surface area contributed by atoms with E-state index in [9.17, 15) is 0 Å². The van der Waals surface area contributed by atoms with Crippen LogP contribution in [-0.4, -0.2) is 20.8 Å². The number of fused-ring (bicyclic) bond motifs is 1. The molecule has 1 aliphatic heterocycles. The summed E-state index contributed by atoms with van der Waals surface area (Å²) in [5, 5.41) is 3.39. The standard InChI is InChI=1S/C17H18BrNO2/c1-19-17(14-5-4-13(20-2)10-15(14)18)12-3-6-16-11(9-12)7-8-21-16/h3-6,9-10,17,19H,7-8H2,1-2H3. The van der Waals surface area contributed by atoms with E-state index in [-0.39, 0.29) is 6.04 Å². The van der Waals surface area contributed by atoms with E-state index >= 15 is 0 Å². The van der Waals surface area contributed by atoms with Gasteiger partial charge in [-0.2, -0.15) is 0 Å². The third-order valence-corrected chi connectivity index (χ3v) is 4.54. The van der Waals surface area contributed by atoms with E-state index in [4.69, 9.17) is 9.47 Å². The van der Waals surface area contributed by atoms with Gasteiger partial charge in [-0.3, -0.25) is 0 Å². The van der Waals surface area contributed by atoms with Crippen molar-refractivity contribution < 1.29 is 9.47 Å². The maximum absolute atomic E-state index is 5.58. The molecule has 0 saturated heterocycles. The Hall–Kier alpha value is -1.52. The molecule has 1 atom stereocenters. The van der Waals surface area contributed by atoms with Crippen LogP contribution in [0.1, 0.15) is 22.7 Å². The van der Waals surface area contributed by atoms with E-state index < -0.39 is 0 Å². The molecule has 0 aromatic heterocycles. The van der Waals surface area contributed by atoms with E-state index in [2.05, 4.69) is 45.5 Å². The molecule has 1 aliphatic rings. The second-order valence-corrected chi connectivity index (χ2v) is 5.93. The third kappa shape index (κ3) is 2.78. The van der Waals surface area contributed by atoms with Crippen molar-refractivity contribution in [2.45, 2.75) is 12.5 Å². The van der Waals surface area contributed by atoms with Gasteiger partial charge in [-0.05, 0) is 41.9 Å². The minimum atomic E-state index is 0.135. The molecule has 0 radical (unpaired) electrons. The van der Waals surface area contributed by atoms with Crippen LogP contribution in [0.15, 0.2) is 40.9 Å². The van der Waals surface area contributed by atoms with Crippen molar-refractivity contribution in [3.63, 3.8) is 0 Å². The van der Waals surface area contributed by atoms with Crippen molar-refractivity contribution >= 4 is 15.9 Å². The second kappa shape index (κ2) is 6.08. The molecule has 1 N–H and O–H groups in total. The summed E-state index contributed by atoms with van der Waals surface area (Å²) in [6, 6.07) is 12.6. The van der Waals surface area contributed by atoms with Crippen molar-refractivity contribution in [1.82, 2.24) is 5.32 Å². The molecule has 0 spiro atoms. The average molecular weight is 348 g/mol. The topological polar surface area (TPSA) is 30.5 Å². The lowest BCUT2D eigenvalue weighted by Crippen LogP contribution is -2.18. The number of rotatable bonds is 4. The molecule has 3 nitrogen and oxygen atoms in total. The highest BCUT2D eigenvalue weighted by Crippen LogP contribution is 2.34. The fraction of sp³-hybridized carbons (Fsp3) is 0.294. The third-order valence-electron chi connectivity index (χ3n) is 3.85. The van der Waals surface area contributed by atoms with Gasteiger partial charge in [0.2, 0.25) is 0 Å². The normalized spacial score (nSPS) is 14.4. The van der Waals surface area contributed by atoms with Crippen molar-refractivity contribution in [2.24, 2.45) is 0 Å². The van der Waals surface area contributed by atoms with Gasteiger partial charge in [0.25, 0.3) is 0 Å². The highest BCUT2D eigenvalue weighted by Gasteiger charge is 2.19. The van der Waals surface area contributed by atoms with Crippen LogP contribution in [-0.2, 0) is 6.42 Å². The van der Waals surface area contributed by atoms with Crippen LogP contribution < -0.4 is 14.8 Å². The van der Waals surface area contributed by atoms with Crippen LogP contribution >= 0.6 is 15.9 Å². The molecule has 2 aromatic carbocycles. The zero-order chi connectivity index (χ0) is 14.8. The first-order valence-electron chi connectivity index (χ1n) is 6.99. The molecule has 0 saturated carbocycles. The summed E-state index contributed by atoms with van der Waals surface area (Å²) < 4.78 is 11.9. The second-order valence-electron chi connectivity index (χ2n) is 5.07. The maximum Gasteiger partial charge on any atom is 0.122 e. The number of benzene rings is 2. The van der Waals surface area contributed by atoms with Gasteiger partial charge in [-0.1, -0.05) is 34.1 Å². The highest BCUT2D eigenvalue weighted by atomic mass is 79.9. The summed E-state index contributed by atoms with van der Waals surface area (Å²) >= 11 is 3.64. The van der Waals surface area contributed by atoms with Crippen molar-refractivity contribution in [2.75, 3.05) is 20.8 Å². The first kappa shape index (κ1) is 14.4. The Morgan fingerprint density at radius 1 is 1.24 bits per heavy atom. The number of nitrogens with one attached hydrogen (secondary N) is 1. The molecule has 3 rings (SSSR count). The molecule has 0 aliphatic carbocycles. The van der Waals surface area contributed by atoms with Gasteiger partial charge in [-0.15, -0.1) is 0 Å². The summed E-state index contributed by atoms with van der Waals surface area (Å²) in [6.07, 6.45) is 0.989. The number of methoxy groups -OCH3 is 1. The number of hydrogen-bond acceptors (Lipinski definition) is 3. The molecular weight excluding hydrogens is 330 g/mol. The Balaban J connectivity index is 1.98. The molecule has 4 heteroatoms. The molecule has 1 unspecified atom stereocenters. The Labute approximate surface area is 133 Å². The molecule has 0 fully saturated rings. The van der Waals surface area contributed by atoms with Gasteiger partial charge in [-0.25, -0.2) is 0 Å². The van der Waals surface area contributed by atoms with E-state index in [1.807, 2.05) is 19.2 Å². The van der Waals surface area contributed by atoms with E-state index in [1.54, 1.807) is 7.11 Å². The molecule has 0 bridgehead atoms. The van der Waals surface area contributed by atoms with Gasteiger partial charge in [0.1, 0.15) is 11.5 Å². The van der Waals surface area contributed by atoms with Gasteiger partial charge in [0.05, 0.1) is 19.8 Å². The zero-order valence-corrected chi connectivity index (χ0v) is 13.7. The SMILES string of the molecule is CNC(c1ccc2c(c1)CCO2)c1ccc(OC)cc1Br. The van der Waals surface area contributed by atoms with Crippen LogP contribution in [0.2, 0.25) is 0 Å². The number of halogens is 1. The van der Waals surface area contributed by atoms with Crippen molar-refractivity contribution in [1.29, 1.82) is 0 Å². The first-order valence-corrected chi connectivity index (χ1v) is 7.78. The van der Waals surface area contributed by atoms with Gasteiger partial charge in [0.15, 0.2) is 0 Å². The lowest BCUT2D eigenvalue weighted by Gasteiger charge is -2.20. The van der Waals surface area contributed by atoms with Crippen LogP contribution in [0, 0.1) is 0 Å². The molecular formula is C17H18BrNO2. The summed E-state index contributed by atoms with van der Waals surface area (Å²) in [6.45, 7) is 0.787. The monoisotopic (exact) mass is 347 g/mol. The van der Waals surface area contributed by atoms with Crippen LogP contribution in [0.4, 0.5) is 0 Å². The fourth-order valence-corrected chi connectivity index (χ4v) is 3.34.